The van der Waals surface area contributed by atoms with Crippen LogP contribution >= 0.6 is 0 Å². The van der Waals surface area contributed by atoms with Gasteiger partial charge in [-0.25, -0.2) is 0 Å². The van der Waals surface area contributed by atoms with Gasteiger partial charge in [-0.15, -0.1) is 0 Å². The molecule has 3 N–H and O–H groups in total. The number of rotatable bonds is 8. The van der Waals surface area contributed by atoms with Crippen molar-refractivity contribution < 1.29 is 9.90 Å². The second-order valence-electron chi connectivity index (χ2n) is 7.48. The molecule has 4 nitrogen and oxygen atoms in total. The fraction of sp³-hybridized carbons (Fsp3) is 0.632. The molecule has 130 valence electrons. The van der Waals surface area contributed by atoms with Crippen LogP contribution in [-0.4, -0.2) is 30.2 Å². The van der Waals surface area contributed by atoms with Gasteiger partial charge in [0.2, 0.25) is 0 Å². The Morgan fingerprint density at radius 1 is 1.26 bits per heavy atom. The second-order valence-corrected chi connectivity index (χ2v) is 7.48. The normalized spacial score (nSPS) is 13.0. The van der Waals surface area contributed by atoms with Crippen molar-refractivity contribution in [2.45, 2.75) is 54.0 Å². The molecule has 1 rings (SSSR count). The number of nitrogens with one attached hydrogen (secondary N) is 2. The first-order chi connectivity index (χ1) is 10.7. The molecule has 0 saturated carbocycles. The molecule has 0 saturated heterocycles. The smallest absolute Gasteiger partial charge is 0.251 e. The summed E-state index contributed by atoms with van der Waals surface area (Å²) < 4.78 is 0. The Balaban J connectivity index is 2.82. The first-order valence-corrected chi connectivity index (χ1v) is 8.43. The molecule has 0 fully saturated rings. The summed E-state index contributed by atoms with van der Waals surface area (Å²) in [4.78, 5) is 12.5. The lowest BCUT2D eigenvalue weighted by Crippen LogP contribution is -2.35. The largest absolute Gasteiger partial charge is 0.396 e. The summed E-state index contributed by atoms with van der Waals surface area (Å²) in [6.07, 6.45) is 0.666. The lowest BCUT2D eigenvalue weighted by atomic mass is 9.89. The van der Waals surface area contributed by atoms with Crippen molar-refractivity contribution in [2.75, 3.05) is 18.5 Å². The van der Waals surface area contributed by atoms with Crippen LogP contribution in [0.15, 0.2) is 18.2 Å². The molecule has 0 aliphatic heterocycles. The van der Waals surface area contributed by atoms with E-state index < -0.39 is 0 Å². The first kappa shape index (κ1) is 19.5. The van der Waals surface area contributed by atoms with Crippen molar-refractivity contribution in [3.8, 4) is 0 Å². The van der Waals surface area contributed by atoms with E-state index in [1.165, 1.54) is 0 Å². The van der Waals surface area contributed by atoms with Gasteiger partial charge < -0.3 is 15.7 Å². The van der Waals surface area contributed by atoms with Crippen LogP contribution in [0.3, 0.4) is 0 Å². The highest BCUT2D eigenvalue weighted by atomic mass is 16.3. The average molecular weight is 320 g/mol. The van der Waals surface area contributed by atoms with Gasteiger partial charge in [0.15, 0.2) is 0 Å². The Hall–Kier alpha value is -1.55. The van der Waals surface area contributed by atoms with Crippen molar-refractivity contribution >= 4 is 11.6 Å². The lowest BCUT2D eigenvalue weighted by Gasteiger charge is -2.24. The molecular formula is C19H32N2O2. The third kappa shape index (κ3) is 5.87. The van der Waals surface area contributed by atoms with Crippen molar-refractivity contribution in [1.29, 1.82) is 0 Å². The molecule has 0 aromatic heterocycles. The molecule has 1 atom stereocenters. The van der Waals surface area contributed by atoms with Gasteiger partial charge in [-0.3, -0.25) is 4.79 Å². The third-order valence-electron chi connectivity index (χ3n) is 4.48. The van der Waals surface area contributed by atoms with Gasteiger partial charge in [0.25, 0.3) is 5.91 Å². The number of hydrogen-bond acceptors (Lipinski definition) is 3. The summed E-state index contributed by atoms with van der Waals surface area (Å²) in [5.41, 5.74) is 2.57. The summed E-state index contributed by atoms with van der Waals surface area (Å²) >= 11 is 0. The minimum absolute atomic E-state index is 0.0608. The molecule has 0 radical (unpaired) electrons. The van der Waals surface area contributed by atoms with E-state index in [-0.39, 0.29) is 17.9 Å². The Bertz CT molecular complexity index is 524. The zero-order valence-electron chi connectivity index (χ0n) is 15.4. The molecule has 1 unspecified atom stereocenters. The lowest BCUT2D eigenvalue weighted by molar-refractivity contribution is 0.0927. The van der Waals surface area contributed by atoms with E-state index in [0.29, 0.717) is 30.5 Å². The van der Waals surface area contributed by atoms with E-state index in [1.807, 2.05) is 39.0 Å². The Labute approximate surface area is 140 Å². The minimum atomic E-state index is -0.111. The molecule has 0 heterocycles. The van der Waals surface area contributed by atoms with Gasteiger partial charge in [-0.05, 0) is 49.3 Å². The molecule has 1 aromatic rings. The summed E-state index contributed by atoms with van der Waals surface area (Å²) in [7, 11) is 0. The predicted molar refractivity (Wildman–Crippen MR) is 96.9 cm³/mol. The van der Waals surface area contributed by atoms with Crippen LogP contribution in [0.4, 0.5) is 5.69 Å². The Kier molecular flexibility index (Phi) is 7.07. The first-order valence-electron chi connectivity index (χ1n) is 8.43. The monoisotopic (exact) mass is 320 g/mol. The van der Waals surface area contributed by atoms with Crippen LogP contribution in [0.5, 0.6) is 0 Å². The zero-order chi connectivity index (χ0) is 17.6. The quantitative estimate of drug-likeness (QED) is 0.686. The van der Waals surface area contributed by atoms with E-state index in [2.05, 4.69) is 31.4 Å². The second kappa shape index (κ2) is 8.34. The topological polar surface area (TPSA) is 61.4 Å². The van der Waals surface area contributed by atoms with Crippen LogP contribution in [-0.2, 0) is 0 Å². The standard InChI is InChI=1S/C19H32N2O2/c1-13(2)15(4)21-17-9-7-8-16(14(17)3)18(23)20-12-19(5,6)10-11-22/h7-9,13,15,21-22H,10-12H2,1-6H3,(H,20,23). The molecule has 0 aliphatic rings. The maximum Gasteiger partial charge on any atom is 0.251 e. The Morgan fingerprint density at radius 2 is 1.91 bits per heavy atom. The van der Waals surface area contributed by atoms with Crippen molar-refractivity contribution in [3.63, 3.8) is 0 Å². The van der Waals surface area contributed by atoms with Gasteiger partial charge in [0.05, 0.1) is 0 Å². The fourth-order valence-electron chi connectivity index (χ4n) is 2.26. The fourth-order valence-corrected chi connectivity index (χ4v) is 2.26. The highest BCUT2D eigenvalue weighted by Crippen LogP contribution is 2.22. The number of hydrogen-bond donors (Lipinski definition) is 3. The molecule has 0 spiro atoms. The van der Waals surface area contributed by atoms with Gasteiger partial charge in [0.1, 0.15) is 0 Å². The van der Waals surface area contributed by atoms with Crippen molar-refractivity contribution in [1.82, 2.24) is 5.32 Å². The summed E-state index contributed by atoms with van der Waals surface area (Å²) in [5.74, 6) is 0.459. The third-order valence-corrected chi connectivity index (χ3v) is 4.48. The van der Waals surface area contributed by atoms with Crippen LogP contribution in [0.2, 0.25) is 0 Å². The van der Waals surface area contributed by atoms with E-state index in [9.17, 15) is 4.79 Å². The summed E-state index contributed by atoms with van der Waals surface area (Å²) in [5, 5.41) is 15.5. The Morgan fingerprint density at radius 3 is 2.48 bits per heavy atom. The van der Waals surface area contributed by atoms with Crippen LogP contribution in [0, 0.1) is 18.3 Å². The summed E-state index contributed by atoms with van der Waals surface area (Å²) in [6.45, 7) is 13.2. The number of aliphatic hydroxyl groups is 1. The molecule has 0 aliphatic carbocycles. The number of aliphatic hydroxyl groups excluding tert-OH is 1. The van der Waals surface area contributed by atoms with E-state index in [1.54, 1.807) is 0 Å². The van der Waals surface area contributed by atoms with Crippen LogP contribution in [0.1, 0.15) is 57.0 Å². The average Bonchev–Trinajstić information content (AvgIpc) is 2.46. The number of amides is 1. The molecule has 23 heavy (non-hydrogen) atoms. The van der Waals surface area contributed by atoms with Crippen molar-refractivity contribution in [3.05, 3.63) is 29.3 Å². The van der Waals surface area contributed by atoms with Crippen molar-refractivity contribution in [2.24, 2.45) is 11.3 Å². The SMILES string of the molecule is Cc1c(NC(C)C(C)C)cccc1C(=O)NCC(C)(C)CCO. The van der Waals surface area contributed by atoms with Gasteiger partial charge in [-0.1, -0.05) is 33.8 Å². The number of carbonyl (C=O) groups is 1. The highest BCUT2D eigenvalue weighted by molar-refractivity contribution is 5.97. The predicted octanol–water partition coefficient (Wildman–Crippen LogP) is 3.59. The molecule has 1 amide bonds. The number of benzene rings is 1. The zero-order valence-corrected chi connectivity index (χ0v) is 15.4. The minimum Gasteiger partial charge on any atom is -0.396 e. The molecular weight excluding hydrogens is 288 g/mol. The molecule has 1 aromatic carbocycles. The summed E-state index contributed by atoms with van der Waals surface area (Å²) in [6, 6.07) is 6.13. The maximum atomic E-state index is 12.5. The van der Waals surface area contributed by atoms with Gasteiger partial charge >= 0.3 is 0 Å². The molecule has 0 bridgehead atoms. The van der Waals surface area contributed by atoms with E-state index >= 15 is 0 Å². The number of anilines is 1. The van der Waals surface area contributed by atoms with Crippen LogP contribution in [0.25, 0.3) is 0 Å². The van der Waals surface area contributed by atoms with E-state index in [0.717, 1.165) is 11.3 Å². The highest BCUT2D eigenvalue weighted by Gasteiger charge is 2.20. The van der Waals surface area contributed by atoms with E-state index in [4.69, 9.17) is 5.11 Å². The van der Waals surface area contributed by atoms with Gasteiger partial charge in [0, 0.05) is 30.4 Å². The van der Waals surface area contributed by atoms with Gasteiger partial charge in [-0.2, -0.15) is 0 Å². The maximum absolute atomic E-state index is 12.5. The van der Waals surface area contributed by atoms with Crippen LogP contribution < -0.4 is 10.6 Å². The molecule has 4 heteroatoms. The number of carbonyl (C=O) groups excluding carboxylic acids is 1.